The van der Waals surface area contributed by atoms with Crippen LogP contribution in [-0.4, -0.2) is 21.4 Å². The summed E-state index contributed by atoms with van der Waals surface area (Å²) in [5.74, 6) is 0.193. The minimum absolute atomic E-state index is 0.136. The molecule has 0 aromatic carbocycles. The zero-order valence-corrected chi connectivity index (χ0v) is 9.49. The molecule has 0 spiro atoms. The summed E-state index contributed by atoms with van der Waals surface area (Å²) in [5.41, 5.74) is -0.0147. The molecule has 0 atom stereocenters. The summed E-state index contributed by atoms with van der Waals surface area (Å²) in [6.07, 6.45) is 3.48. The van der Waals surface area contributed by atoms with E-state index in [2.05, 4.69) is 22.2 Å². The third kappa shape index (κ3) is 2.21. The second kappa shape index (κ2) is 3.86. The first-order valence-electron chi connectivity index (χ1n) is 4.91. The van der Waals surface area contributed by atoms with E-state index in [-0.39, 0.29) is 22.1 Å². The van der Waals surface area contributed by atoms with Crippen LogP contribution in [0.5, 0.6) is 0 Å². The number of nitrogens with zero attached hydrogens (tertiary/aromatic N) is 3. The minimum Gasteiger partial charge on any atom is -0.364 e. The molecule has 1 fully saturated rings. The van der Waals surface area contributed by atoms with E-state index < -0.39 is 4.92 Å². The molecule has 1 heterocycles. The highest BCUT2D eigenvalue weighted by molar-refractivity contribution is 6.31. The lowest BCUT2D eigenvalue weighted by molar-refractivity contribution is -0.384. The van der Waals surface area contributed by atoms with Crippen LogP contribution in [0.3, 0.4) is 0 Å². The van der Waals surface area contributed by atoms with Gasteiger partial charge in [-0.25, -0.2) is 9.97 Å². The van der Waals surface area contributed by atoms with Gasteiger partial charge in [0.1, 0.15) is 6.33 Å². The van der Waals surface area contributed by atoms with Crippen LogP contribution < -0.4 is 5.32 Å². The third-order valence-electron chi connectivity index (χ3n) is 2.75. The van der Waals surface area contributed by atoms with Crippen LogP contribution >= 0.6 is 11.6 Å². The monoisotopic (exact) mass is 242 g/mol. The van der Waals surface area contributed by atoms with Crippen LogP contribution in [0.15, 0.2) is 6.33 Å². The molecule has 1 aliphatic rings. The molecule has 0 aliphatic heterocycles. The lowest BCUT2D eigenvalue weighted by atomic mass is 10.1. The van der Waals surface area contributed by atoms with Crippen molar-refractivity contribution < 1.29 is 4.92 Å². The molecule has 0 amide bonds. The van der Waals surface area contributed by atoms with Crippen molar-refractivity contribution >= 4 is 23.1 Å². The molecule has 6 nitrogen and oxygen atoms in total. The fraction of sp³-hybridized carbons (Fsp3) is 0.556. The molecule has 1 N–H and O–H groups in total. The lowest BCUT2D eigenvalue weighted by Crippen LogP contribution is -2.14. The normalized spacial score (nSPS) is 16.9. The standard InChI is InChI=1S/C9H11ClN4O2/c1-9(2-3-9)4-11-8-6(14(15)16)7(10)12-5-13-8/h5H,2-4H2,1H3,(H,11,12,13). The molecule has 1 saturated carbocycles. The van der Waals surface area contributed by atoms with E-state index in [1.165, 1.54) is 6.33 Å². The third-order valence-corrected chi connectivity index (χ3v) is 3.02. The van der Waals surface area contributed by atoms with Gasteiger partial charge in [-0.05, 0) is 18.3 Å². The number of anilines is 1. The number of nitrogens with one attached hydrogen (secondary N) is 1. The van der Waals surface area contributed by atoms with E-state index in [1.54, 1.807) is 0 Å². The molecule has 1 aromatic rings. The second-order valence-corrected chi connectivity index (χ2v) is 4.64. The zero-order valence-electron chi connectivity index (χ0n) is 8.73. The van der Waals surface area contributed by atoms with Crippen molar-refractivity contribution in [2.45, 2.75) is 19.8 Å². The van der Waals surface area contributed by atoms with E-state index in [0.29, 0.717) is 6.54 Å². The van der Waals surface area contributed by atoms with Crippen molar-refractivity contribution in [2.24, 2.45) is 5.41 Å². The molecular formula is C9H11ClN4O2. The van der Waals surface area contributed by atoms with Crippen LogP contribution in [0.4, 0.5) is 11.5 Å². The molecule has 1 aliphatic carbocycles. The summed E-state index contributed by atoms with van der Waals surface area (Å²) in [5, 5.41) is 13.6. The maximum absolute atomic E-state index is 10.8. The zero-order chi connectivity index (χ0) is 11.8. The van der Waals surface area contributed by atoms with Gasteiger partial charge in [0.2, 0.25) is 11.0 Å². The second-order valence-electron chi connectivity index (χ2n) is 4.28. The van der Waals surface area contributed by atoms with Crippen LogP contribution in [0.25, 0.3) is 0 Å². The highest BCUT2D eigenvalue weighted by Crippen LogP contribution is 2.45. The predicted octanol–water partition coefficient (Wildman–Crippen LogP) is 2.25. The van der Waals surface area contributed by atoms with Crippen molar-refractivity contribution in [3.8, 4) is 0 Å². The Morgan fingerprint density at radius 3 is 2.88 bits per heavy atom. The number of halogens is 1. The molecule has 2 rings (SSSR count). The number of hydrogen-bond acceptors (Lipinski definition) is 5. The maximum Gasteiger partial charge on any atom is 0.348 e. The van der Waals surface area contributed by atoms with Gasteiger partial charge in [0.05, 0.1) is 4.92 Å². The maximum atomic E-state index is 10.8. The summed E-state index contributed by atoms with van der Waals surface area (Å²) < 4.78 is 0. The predicted molar refractivity (Wildman–Crippen MR) is 59.5 cm³/mol. The Hall–Kier alpha value is -1.43. The Morgan fingerprint density at radius 1 is 1.62 bits per heavy atom. The Balaban J connectivity index is 2.19. The molecule has 86 valence electrons. The highest BCUT2D eigenvalue weighted by Gasteiger charge is 2.37. The summed E-state index contributed by atoms with van der Waals surface area (Å²) in [6, 6.07) is 0. The molecule has 0 bridgehead atoms. The topological polar surface area (TPSA) is 81.0 Å². The first-order valence-corrected chi connectivity index (χ1v) is 5.28. The van der Waals surface area contributed by atoms with Crippen LogP contribution in [0, 0.1) is 15.5 Å². The summed E-state index contributed by atoms with van der Waals surface area (Å²) in [4.78, 5) is 17.7. The van der Waals surface area contributed by atoms with Crippen molar-refractivity contribution in [1.82, 2.24) is 9.97 Å². The fourth-order valence-corrected chi connectivity index (χ4v) is 1.54. The largest absolute Gasteiger partial charge is 0.364 e. The average molecular weight is 243 g/mol. The first kappa shape index (κ1) is 11.1. The quantitative estimate of drug-likeness (QED) is 0.498. The van der Waals surface area contributed by atoms with Gasteiger partial charge in [-0.2, -0.15) is 0 Å². The van der Waals surface area contributed by atoms with Gasteiger partial charge >= 0.3 is 5.69 Å². The van der Waals surface area contributed by atoms with Gasteiger partial charge in [-0.15, -0.1) is 0 Å². The van der Waals surface area contributed by atoms with Gasteiger partial charge in [0.25, 0.3) is 0 Å². The lowest BCUT2D eigenvalue weighted by Gasteiger charge is -2.10. The molecule has 16 heavy (non-hydrogen) atoms. The van der Waals surface area contributed by atoms with E-state index in [4.69, 9.17) is 11.6 Å². The van der Waals surface area contributed by atoms with Gasteiger partial charge < -0.3 is 5.32 Å². The first-order chi connectivity index (χ1) is 7.52. The Labute approximate surface area is 97.2 Å². The minimum atomic E-state index is -0.570. The van der Waals surface area contributed by atoms with Gasteiger partial charge in [0, 0.05) is 6.54 Å². The average Bonchev–Trinajstić information content (AvgIpc) is 2.94. The summed E-state index contributed by atoms with van der Waals surface area (Å²) in [7, 11) is 0. The molecule has 0 saturated heterocycles. The van der Waals surface area contributed by atoms with Crippen LogP contribution in [0.2, 0.25) is 5.15 Å². The smallest absolute Gasteiger partial charge is 0.348 e. The van der Waals surface area contributed by atoms with E-state index in [1.807, 2.05) is 0 Å². The van der Waals surface area contributed by atoms with E-state index in [0.717, 1.165) is 12.8 Å². The van der Waals surface area contributed by atoms with Crippen LogP contribution in [-0.2, 0) is 0 Å². The van der Waals surface area contributed by atoms with Gasteiger partial charge in [0.15, 0.2) is 0 Å². The summed E-state index contributed by atoms with van der Waals surface area (Å²) >= 11 is 5.66. The number of aromatic nitrogens is 2. The van der Waals surface area contributed by atoms with Gasteiger partial charge in [-0.3, -0.25) is 10.1 Å². The fourth-order valence-electron chi connectivity index (χ4n) is 1.34. The van der Waals surface area contributed by atoms with Gasteiger partial charge in [-0.1, -0.05) is 18.5 Å². The van der Waals surface area contributed by atoms with Crippen molar-refractivity contribution in [2.75, 3.05) is 11.9 Å². The molecular weight excluding hydrogens is 232 g/mol. The Kier molecular flexibility index (Phi) is 2.67. The summed E-state index contributed by atoms with van der Waals surface area (Å²) in [6.45, 7) is 2.79. The van der Waals surface area contributed by atoms with E-state index >= 15 is 0 Å². The molecule has 7 heteroatoms. The van der Waals surface area contributed by atoms with Crippen molar-refractivity contribution in [1.29, 1.82) is 0 Å². The molecule has 0 radical (unpaired) electrons. The number of hydrogen-bond donors (Lipinski definition) is 1. The van der Waals surface area contributed by atoms with Crippen molar-refractivity contribution in [3.05, 3.63) is 21.6 Å². The van der Waals surface area contributed by atoms with E-state index in [9.17, 15) is 10.1 Å². The highest BCUT2D eigenvalue weighted by atomic mass is 35.5. The van der Waals surface area contributed by atoms with Crippen molar-refractivity contribution in [3.63, 3.8) is 0 Å². The van der Waals surface area contributed by atoms with Crippen LogP contribution in [0.1, 0.15) is 19.8 Å². The number of nitro groups is 1. The Morgan fingerprint density at radius 2 is 2.31 bits per heavy atom. The molecule has 1 aromatic heterocycles. The Bertz CT molecular complexity index is 434. The number of rotatable bonds is 4. The SMILES string of the molecule is CC1(CNc2ncnc(Cl)c2[N+](=O)[O-])CC1. The molecule has 0 unspecified atom stereocenters.